The van der Waals surface area contributed by atoms with Crippen LogP contribution in [0.3, 0.4) is 0 Å². The summed E-state index contributed by atoms with van der Waals surface area (Å²) in [5, 5.41) is 13.1. The maximum atomic E-state index is 12.5. The minimum Gasteiger partial charge on any atom is -0.465 e. The lowest BCUT2D eigenvalue weighted by Crippen LogP contribution is -2.35. The Kier molecular flexibility index (Phi) is 9.95. The molecule has 2 aromatic rings. The molecule has 0 aliphatic carbocycles. The number of imide groups is 1. The predicted octanol–water partition coefficient (Wildman–Crippen LogP) is 2.77. The van der Waals surface area contributed by atoms with Gasteiger partial charge in [-0.25, -0.2) is 22.8 Å². The van der Waals surface area contributed by atoms with Crippen LogP contribution in [0, 0.1) is 0 Å². The number of benzene rings is 1. The van der Waals surface area contributed by atoms with Crippen molar-refractivity contribution in [3.05, 3.63) is 35.7 Å². The van der Waals surface area contributed by atoms with Gasteiger partial charge in [0.05, 0.1) is 5.75 Å². The molecular weight excluding hydrogens is 450 g/mol. The number of sulfonamides is 1. The first-order chi connectivity index (χ1) is 15.7. The van der Waals surface area contributed by atoms with Crippen LogP contribution in [0.2, 0.25) is 0 Å². The standard InChI is InChI=1S/C21H31N5O6S/c1-3-5-13-33(30,31)25-17(11-6-7-12-22)19-23-18(24-32-19)15-9-8-10-16(14-15)20(27)26(4-2)21(28)29/h8-10,14,17,25H,3-7,11-13,22H2,1-2H3,(H,28,29)/t17-/m0/s1. The van der Waals surface area contributed by atoms with Crippen LogP contribution >= 0.6 is 0 Å². The van der Waals surface area contributed by atoms with Crippen LogP contribution < -0.4 is 10.5 Å². The molecule has 0 saturated carbocycles. The minimum atomic E-state index is -3.54. The Morgan fingerprint density at radius 1 is 1.24 bits per heavy atom. The van der Waals surface area contributed by atoms with Crippen molar-refractivity contribution in [3.8, 4) is 11.4 Å². The van der Waals surface area contributed by atoms with Gasteiger partial charge in [0.25, 0.3) is 5.91 Å². The molecule has 2 amide bonds. The molecule has 0 aliphatic rings. The van der Waals surface area contributed by atoms with Crippen molar-refractivity contribution in [2.24, 2.45) is 5.73 Å². The minimum absolute atomic E-state index is 0.000450. The summed E-state index contributed by atoms with van der Waals surface area (Å²) in [5.41, 5.74) is 6.15. The number of hydrogen-bond donors (Lipinski definition) is 3. The van der Waals surface area contributed by atoms with Crippen molar-refractivity contribution in [3.63, 3.8) is 0 Å². The second-order valence-electron chi connectivity index (χ2n) is 7.50. The topological polar surface area (TPSA) is 169 Å². The van der Waals surface area contributed by atoms with Gasteiger partial charge in [0.15, 0.2) is 0 Å². The van der Waals surface area contributed by atoms with Crippen molar-refractivity contribution >= 4 is 22.0 Å². The van der Waals surface area contributed by atoms with Gasteiger partial charge in [0.2, 0.25) is 21.7 Å². The molecule has 182 valence electrons. The van der Waals surface area contributed by atoms with E-state index in [4.69, 9.17) is 10.3 Å². The van der Waals surface area contributed by atoms with Crippen LogP contribution in [0.5, 0.6) is 0 Å². The predicted molar refractivity (Wildman–Crippen MR) is 122 cm³/mol. The first kappa shape index (κ1) is 26.4. The summed E-state index contributed by atoms with van der Waals surface area (Å²) in [7, 11) is -3.54. The third-order valence-corrected chi connectivity index (χ3v) is 6.40. The van der Waals surface area contributed by atoms with Crippen molar-refractivity contribution in [2.45, 2.75) is 52.0 Å². The van der Waals surface area contributed by atoms with Crippen LogP contribution in [0.1, 0.15) is 68.2 Å². The van der Waals surface area contributed by atoms with Crippen molar-refractivity contribution in [1.82, 2.24) is 19.8 Å². The monoisotopic (exact) mass is 481 g/mol. The van der Waals surface area contributed by atoms with Crippen LogP contribution in [0.4, 0.5) is 4.79 Å². The van der Waals surface area contributed by atoms with Gasteiger partial charge in [-0.2, -0.15) is 4.98 Å². The molecule has 1 atom stereocenters. The number of unbranched alkanes of at least 4 members (excludes halogenated alkanes) is 2. The van der Waals surface area contributed by atoms with E-state index < -0.39 is 28.1 Å². The molecule has 0 fully saturated rings. The van der Waals surface area contributed by atoms with Gasteiger partial charge in [0.1, 0.15) is 6.04 Å². The number of carbonyl (C=O) groups is 2. The molecule has 1 aromatic heterocycles. The fraction of sp³-hybridized carbons (Fsp3) is 0.524. The van der Waals surface area contributed by atoms with E-state index in [9.17, 15) is 23.1 Å². The van der Waals surface area contributed by atoms with Gasteiger partial charge in [0, 0.05) is 17.7 Å². The summed E-state index contributed by atoms with van der Waals surface area (Å²) in [6.07, 6.45) is 1.76. The first-order valence-electron chi connectivity index (χ1n) is 10.9. The fourth-order valence-electron chi connectivity index (χ4n) is 3.14. The smallest absolute Gasteiger partial charge is 0.414 e. The van der Waals surface area contributed by atoms with Crippen LogP contribution in [-0.2, 0) is 10.0 Å². The maximum absolute atomic E-state index is 12.5. The molecule has 0 bridgehead atoms. The highest BCUT2D eigenvalue weighted by Crippen LogP contribution is 2.24. The second-order valence-corrected chi connectivity index (χ2v) is 9.37. The van der Waals surface area contributed by atoms with Crippen LogP contribution in [0.25, 0.3) is 11.4 Å². The zero-order chi connectivity index (χ0) is 24.4. The van der Waals surface area contributed by atoms with Crippen molar-refractivity contribution in [2.75, 3.05) is 18.8 Å². The van der Waals surface area contributed by atoms with Crippen molar-refractivity contribution < 1.29 is 27.6 Å². The molecule has 0 unspecified atom stereocenters. The van der Waals surface area contributed by atoms with E-state index in [1.807, 2.05) is 6.92 Å². The number of hydrogen-bond acceptors (Lipinski definition) is 8. The number of nitrogens with zero attached hydrogens (tertiary/aromatic N) is 3. The number of carbonyl (C=O) groups excluding carboxylic acids is 1. The third-order valence-electron chi connectivity index (χ3n) is 4.94. The summed E-state index contributed by atoms with van der Waals surface area (Å²) < 4.78 is 32.9. The molecule has 2 rings (SSSR count). The zero-order valence-corrected chi connectivity index (χ0v) is 19.7. The highest BCUT2D eigenvalue weighted by atomic mass is 32.2. The van der Waals surface area contributed by atoms with E-state index in [1.165, 1.54) is 12.1 Å². The van der Waals surface area contributed by atoms with Crippen LogP contribution in [0.15, 0.2) is 28.8 Å². The molecule has 0 spiro atoms. The number of nitrogens with one attached hydrogen (secondary N) is 1. The number of rotatable bonds is 13. The maximum Gasteiger partial charge on any atom is 0.414 e. The molecule has 12 heteroatoms. The van der Waals surface area contributed by atoms with Gasteiger partial charge in [-0.3, -0.25) is 4.79 Å². The molecular formula is C21H31N5O6S. The molecule has 1 aromatic carbocycles. The van der Waals surface area contributed by atoms with Gasteiger partial charge in [-0.1, -0.05) is 37.1 Å². The Morgan fingerprint density at radius 2 is 2.00 bits per heavy atom. The summed E-state index contributed by atoms with van der Waals surface area (Å²) in [5.74, 6) is -0.396. The van der Waals surface area contributed by atoms with E-state index in [1.54, 1.807) is 19.1 Å². The summed E-state index contributed by atoms with van der Waals surface area (Å²) in [6, 6.07) is 5.50. The zero-order valence-electron chi connectivity index (χ0n) is 18.9. The van der Waals surface area contributed by atoms with E-state index in [0.29, 0.717) is 36.3 Å². The number of nitrogens with two attached hydrogens (primary N) is 1. The lowest BCUT2D eigenvalue weighted by atomic mass is 10.1. The van der Waals surface area contributed by atoms with Gasteiger partial charge >= 0.3 is 6.09 Å². The molecule has 33 heavy (non-hydrogen) atoms. The SMILES string of the molecule is CCCCS(=O)(=O)N[C@@H](CCCCN)c1nc(-c2cccc(C(=O)N(CC)C(=O)O)c2)no1. The number of amides is 2. The van der Waals surface area contributed by atoms with Gasteiger partial charge in [-0.15, -0.1) is 0 Å². The van der Waals surface area contributed by atoms with E-state index >= 15 is 0 Å². The van der Waals surface area contributed by atoms with E-state index in [2.05, 4.69) is 14.9 Å². The third kappa shape index (κ3) is 7.62. The molecule has 0 saturated heterocycles. The normalized spacial score (nSPS) is 12.5. The highest BCUT2D eigenvalue weighted by Gasteiger charge is 2.25. The Balaban J connectivity index is 2.28. The summed E-state index contributed by atoms with van der Waals surface area (Å²) in [4.78, 5) is 28.8. The highest BCUT2D eigenvalue weighted by molar-refractivity contribution is 7.89. The Hall–Kier alpha value is -2.83. The van der Waals surface area contributed by atoms with Crippen LogP contribution in [-0.4, -0.2) is 59.4 Å². The van der Waals surface area contributed by atoms with E-state index in [0.717, 1.165) is 12.8 Å². The first-order valence-corrected chi connectivity index (χ1v) is 12.6. The molecule has 4 N–H and O–H groups in total. The molecule has 11 nitrogen and oxygen atoms in total. The van der Waals surface area contributed by atoms with Gasteiger partial charge < -0.3 is 15.4 Å². The average Bonchev–Trinajstić information content (AvgIpc) is 3.28. The molecule has 0 radical (unpaired) electrons. The quantitative estimate of drug-likeness (QED) is 0.364. The lowest BCUT2D eigenvalue weighted by Gasteiger charge is -2.15. The molecule has 0 aliphatic heterocycles. The lowest BCUT2D eigenvalue weighted by molar-refractivity contribution is 0.0751. The fourth-order valence-corrected chi connectivity index (χ4v) is 4.58. The van der Waals surface area contributed by atoms with Crippen molar-refractivity contribution in [1.29, 1.82) is 0 Å². The summed E-state index contributed by atoms with van der Waals surface area (Å²) in [6.45, 7) is 3.96. The Morgan fingerprint density at radius 3 is 2.64 bits per heavy atom. The summed E-state index contributed by atoms with van der Waals surface area (Å²) >= 11 is 0. The van der Waals surface area contributed by atoms with Gasteiger partial charge in [-0.05, 0) is 44.9 Å². The Labute approximate surface area is 193 Å². The second kappa shape index (κ2) is 12.4. The Bertz CT molecular complexity index is 1040. The molecule has 1 heterocycles. The average molecular weight is 482 g/mol. The number of aromatic nitrogens is 2. The largest absolute Gasteiger partial charge is 0.465 e. The van der Waals surface area contributed by atoms with E-state index in [-0.39, 0.29) is 29.6 Å². The number of carboxylic acid groups (broad SMARTS) is 1.